The van der Waals surface area contributed by atoms with Crippen molar-refractivity contribution in [2.45, 2.75) is 26.3 Å². The van der Waals surface area contributed by atoms with Gasteiger partial charge in [-0.15, -0.1) is 0 Å². The summed E-state index contributed by atoms with van der Waals surface area (Å²) < 4.78 is 11.3. The average molecular weight is 363 g/mol. The van der Waals surface area contributed by atoms with Crippen molar-refractivity contribution in [2.24, 2.45) is 5.92 Å². The summed E-state index contributed by atoms with van der Waals surface area (Å²) in [6.07, 6.45) is 0.688. The van der Waals surface area contributed by atoms with E-state index in [0.29, 0.717) is 35.1 Å². The SMILES string of the molecule is CC(C)C[C@H](NC(=O)COc1ccccc1C#N)c1nc2ccccc2o1. The Morgan fingerprint density at radius 3 is 2.70 bits per heavy atom. The first-order chi connectivity index (χ1) is 13.1. The number of amides is 1. The first kappa shape index (κ1) is 18.5. The highest BCUT2D eigenvalue weighted by Crippen LogP contribution is 2.25. The van der Waals surface area contributed by atoms with E-state index in [-0.39, 0.29) is 18.6 Å². The van der Waals surface area contributed by atoms with Crippen LogP contribution in [0.5, 0.6) is 5.75 Å². The monoisotopic (exact) mass is 363 g/mol. The maximum atomic E-state index is 12.4. The van der Waals surface area contributed by atoms with Gasteiger partial charge in [0, 0.05) is 0 Å². The molecule has 3 rings (SSSR count). The van der Waals surface area contributed by atoms with Gasteiger partial charge < -0.3 is 14.5 Å². The van der Waals surface area contributed by atoms with E-state index in [9.17, 15) is 4.79 Å². The van der Waals surface area contributed by atoms with Crippen molar-refractivity contribution in [1.82, 2.24) is 10.3 Å². The third kappa shape index (κ3) is 4.64. The molecule has 0 aliphatic carbocycles. The van der Waals surface area contributed by atoms with Crippen molar-refractivity contribution in [1.29, 1.82) is 5.26 Å². The summed E-state index contributed by atoms with van der Waals surface area (Å²) in [6.45, 7) is 3.95. The van der Waals surface area contributed by atoms with E-state index < -0.39 is 0 Å². The fraction of sp³-hybridized carbons (Fsp3) is 0.286. The van der Waals surface area contributed by atoms with E-state index in [1.165, 1.54) is 0 Å². The molecule has 1 atom stereocenters. The maximum Gasteiger partial charge on any atom is 0.258 e. The molecule has 3 aromatic rings. The second kappa shape index (κ2) is 8.37. The number of nitrogens with zero attached hydrogens (tertiary/aromatic N) is 2. The van der Waals surface area contributed by atoms with Crippen LogP contribution in [-0.4, -0.2) is 17.5 Å². The molecule has 0 aliphatic rings. The molecular weight excluding hydrogens is 342 g/mol. The summed E-state index contributed by atoms with van der Waals surface area (Å²) in [7, 11) is 0. The predicted molar refractivity (Wildman–Crippen MR) is 101 cm³/mol. The number of nitriles is 1. The molecule has 1 amide bonds. The summed E-state index contributed by atoms with van der Waals surface area (Å²) in [4.78, 5) is 16.9. The van der Waals surface area contributed by atoms with Crippen LogP contribution in [0.3, 0.4) is 0 Å². The molecule has 1 N–H and O–H groups in total. The normalized spacial score (nSPS) is 11.9. The Morgan fingerprint density at radius 1 is 1.22 bits per heavy atom. The number of fused-ring (bicyclic) bond motifs is 1. The Kier molecular flexibility index (Phi) is 5.72. The lowest BCUT2D eigenvalue weighted by atomic mass is 10.0. The first-order valence-corrected chi connectivity index (χ1v) is 8.83. The van der Waals surface area contributed by atoms with Crippen molar-refractivity contribution >= 4 is 17.0 Å². The molecule has 0 saturated carbocycles. The van der Waals surface area contributed by atoms with Gasteiger partial charge in [-0.3, -0.25) is 4.79 Å². The van der Waals surface area contributed by atoms with Crippen molar-refractivity contribution in [3.8, 4) is 11.8 Å². The van der Waals surface area contributed by atoms with E-state index in [1.54, 1.807) is 24.3 Å². The van der Waals surface area contributed by atoms with Gasteiger partial charge in [-0.05, 0) is 36.6 Å². The molecule has 6 heteroatoms. The van der Waals surface area contributed by atoms with Crippen LogP contribution < -0.4 is 10.1 Å². The Morgan fingerprint density at radius 2 is 1.96 bits per heavy atom. The van der Waals surface area contributed by atoms with Gasteiger partial charge in [0.2, 0.25) is 5.89 Å². The average Bonchev–Trinajstić information content (AvgIpc) is 3.10. The van der Waals surface area contributed by atoms with Gasteiger partial charge in [0.1, 0.15) is 23.4 Å². The zero-order valence-corrected chi connectivity index (χ0v) is 15.3. The molecule has 0 bridgehead atoms. The van der Waals surface area contributed by atoms with E-state index in [2.05, 4.69) is 24.1 Å². The lowest BCUT2D eigenvalue weighted by Crippen LogP contribution is -2.33. The smallest absolute Gasteiger partial charge is 0.258 e. The van der Waals surface area contributed by atoms with Crippen LogP contribution in [0, 0.1) is 17.2 Å². The molecule has 6 nitrogen and oxygen atoms in total. The molecule has 27 heavy (non-hydrogen) atoms. The molecule has 0 unspecified atom stereocenters. The molecule has 0 radical (unpaired) electrons. The summed E-state index contributed by atoms with van der Waals surface area (Å²) in [5.74, 6) is 0.911. The Balaban J connectivity index is 1.70. The highest BCUT2D eigenvalue weighted by atomic mass is 16.5. The number of benzene rings is 2. The van der Waals surface area contributed by atoms with E-state index >= 15 is 0 Å². The maximum absolute atomic E-state index is 12.4. The minimum absolute atomic E-state index is 0.187. The number of ether oxygens (including phenoxy) is 1. The quantitative estimate of drug-likeness (QED) is 0.686. The zero-order valence-electron chi connectivity index (χ0n) is 15.3. The lowest BCUT2D eigenvalue weighted by molar-refractivity contribution is -0.124. The largest absolute Gasteiger partial charge is 0.482 e. The van der Waals surface area contributed by atoms with Crippen LogP contribution in [0.25, 0.3) is 11.1 Å². The van der Waals surface area contributed by atoms with Gasteiger partial charge in [-0.25, -0.2) is 4.98 Å². The minimum atomic E-state index is -0.347. The van der Waals surface area contributed by atoms with Crippen LogP contribution in [0.15, 0.2) is 52.9 Å². The van der Waals surface area contributed by atoms with E-state index in [0.717, 1.165) is 5.52 Å². The standard InChI is InChI=1S/C21H21N3O3/c1-14(2)11-17(21-24-16-8-4-6-10-19(16)27-21)23-20(25)13-26-18-9-5-3-7-15(18)12-22/h3-10,14,17H,11,13H2,1-2H3,(H,23,25)/t17-/m0/s1. The molecule has 0 saturated heterocycles. The Labute approximate surface area is 157 Å². The highest BCUT2D eigenvalue weighted by Gasteiger charge is 2.22. The number of carbonyl (C=O) groups excluding carboxylic acids is 1. The Hall–Kier alpha value is -3.33. The van der Waals surface area contributed by atoms with Crippen LogP contribution in [0.2, 0.25) is 0 Å². The number of hydrogen-bond donors (Lipinski definition) is 1. The number of rotatable bonds is 7. The molecule has 0 spiro atoms. The predicted octanol–water partition coefficient (Wildman–Crippen LogP) is 3.98. The van der Waals surface area contributed by atoms with Gasteiger partial charge in [0.25, 0.3) is 5.91 Å². The number of aromatic nitrogens is 1. The molecular formula is C21H21N3O3. The molecule has 0 aliphatic heterocycles. The van der Waals surface area contributed by atoms with Crippen molar-refractivity contribution in [3.63, 3.8) is 0 Å². The third-order valence-electron chi connectivity index (χ3n) is 4.02. The number of hydrogen-bond acceptors (Lipinski definition) is 5. The molecule has 0 fully saturated rings. The van der Waals surface area contributed by atoms with Crippen LogP contribution in [0.4, 0.5) is 0 Å². The zero-order chi connectivity index (χ0) is 19.2. The summed E-state index contributed by atoms with van der Waals surface area (Å²) >= 11 is 0. The van der Waals surface area contributed by atoms with Gasteiger partial charge in [-0.1, -0.05) is 38.1 Å². The topological polar surface area (TPSA) is 88.1 Å². The second-order valence-electron chi connectivity index (χ2n) is 6.67. The van der Waals surface area contributed by atoms with Gasteiger partial charge in [-0.2, -0.15) is 5.26 Å². The minimum Gasteiger partial charge on any atom is -0.482 e. The van der Waals surface area contributed by atoms with Crippen LogP contribution >= 0.6 is 0 Å². The lowest BCUT2D eigenvalue weighted by Gasteiger charge is -2.18. The van der Waals surface area contributed by atoms with Gasteiger partial charge in [0.15, 0.2) is 12.2 Å². The molecule has 1 aromatic heterocycles. The summed E-state index contributed by atoms with van der Waals surface area (Å²) in [5, 5.41) is 12.0. The number of para-hydroxylation sites is 3. The molecule has 1 heterocycles. The van der Waals surface area contributed by atoms with E-state index in [4.69, 9.17) is 14.4 Å². The van der Waals surface area contributed by atoms with Crippen LogP contribution in [0.1, 0.15) is 37.8 Å². The fourth-order valence-corrected chi connectivity index (χ4v) is 2.80. The number of carbonyl (C=O) groups is 1. The number of oxazole rings is 1. The fourth-order valence-electron chi connectivity index (χ4n) is 2.80. The molecule has 2 aromatic carbocycles. The van der Waals surface area contributed by atoms with Crippen molar-refractivity contribution < 1.29 is 13.9 Å². The van der Waals surface area contributed by atoms with Gasteiger partial charge in [0.05, 0.1) is 5.56 Å². The van der Waals surface area contributed by atoms with E-state index in [1.807, 2.05) is 30.3 Å². The molecule has 138 valence electrons. The summed E-state index contributed by atoms with van der Waals surface area (Å²) in [5.41, 5.74) is 1.84. The van der Waals surface area contributed by atoms with Crippen LogP contribution in [-0.2, 0) is 4.79 Å². The first-order valence-electron chi connectivity index (χ1n) is 8.83. The van der Waals surface area contributed by atoms with Crippen molar-refractivity contribution in [3.05, 3.63) is 60.0 Å². The Bertz CT molecular complexity index is 939. The van der Waals surface area contributed by atoms with Gasteiger partial charge >= 0.3 is 0 Å². The highest BCUT2D eigenvalue weighted by molar-refractivity contribution is 5.78. The second-order valence-corrected chi connectivity index (χ2v) is 6.67. The van der Waals surface area contributed by atoms with Crippen molar-refractivity contribution in [2.75, 3.05) is 6.61 Å². The third-order valence-corrected chi connectivity index (χ3v) is 4.02. The summed E-state index contributed by atoms with van der Waals surface area (Å²) in [6, 6.07) is 16.0. The number of nitrogens with one attached hydrogen (secondary N) is 1.